The predicted octanol–water partition coefficient (Wildman–Crippen LogP) is 3.76. The van der Waals surface area contributed by atoms with Gasteiger partial charge in [-0.05, 0) is 44.0 Å². The highest BCUT2D eigenvalue weighted by molar-refractivity contribution is 5.83. The standard InChI is InChI=1S/C17H24N2/c1-3-5-13-19-14-15(9-8-12-18-4-2)16-10-6-7-11-17(16)19/h3,6-7,10-11,14,18H,1,4-5,8-9,12-13H2,2H3. The normalized spacial score (nSPS) is 11.0. The highest BCUT2D eigenvalue weighted by Crippen LogP contribution is 2.22. The SMILES string of the molecule is C=CCCn1cc(CCCNCC)c2ccccc21. The van der Waals surface area contributed by atoms with Gasteiger partial charge < -0.3 is 9.88 Å². The summed E-state index contributed by atoms with van der Waals surface area (Å²) in [4.78, 5) is 0. The average Bonchev–Trinajstić information content (AvgIpc) is 2.80. The van der Waals surface area contributed by atoms with Gasteiger partial charge in [0.1, 0.15) is 0 Å². The largest absolute Gasteiger partial charge is 0.347 e. The minimum atomic E-state index is 1.02. The van der Waals surface area contributed by atoms with Gasteiger partial charge in [-0.1, -0.05) is 31.2 Å². The van der Waals surface area contributed by atoms with Gasteiger partial charge in [-0.3, -0.25) is 0 Å². The molecule has 0 bridgehead atoms. The lowest BCUT2D eigenvalue weighted by Crippen LogP contribution is -2.14. The summed E-state index contributed by atoms with van der Waals surface area (Å²) in [7, 11) is 0. The molecule has 0 saturated carbocycles. The zero-order chi connectivity index (χ0) is 13.5. The topological polar surface area (TPSA) is 17.0 Å². The van der Waals surface area contributed by atoms with Crippen LogP contribution in [-0.2, 0) is 13.0 Å². The summed E-state index contributed by atoms with van der Waals surface area (Å²) >= 11 is 0. The Kier molecular flexibility index (Phi) is 5.22. The average molecular weight is 256 g/mol. The molecule has 1 heterocycles. The molecule has 0 radical (unpaired) electrons. The number of nitrogens with zero attached hydrogens (tertiary/aromatic N) is 1. The molecule has 19 heavy (non-hydrogen) atoms. The number of aromatic nitrogens is 1. The third-order valence-electron chi connectivity index (χ3n) is 3.49. The fourth-order valence-corrected chi connectivity index (χ4v) is 2.52. The molecular formula is C17H24N2. The molecule has 2 nitrogen and oxygen atoms in total. The molecule has 1 N–H and O–H groups in total. The quantitative estimate of drug-likeness (QED) is 0.562. The van der Waals surface area contributed by atoms with E-state index >= 15 is 0 Å². The molecule has 0 aliphatic carbocycles. The van der Waals surface area contributed by atoms with E-state index in [9.17, 15) is 0 Å². The predicted molar refractivity (Wildman–Crippen MR) is 83.6 cm³/mol. The van der Waals surface area contributed by atoms with Gasteiger partial charge in [0.2, 0.25) is 0 Å². The van der Waals surface area contributed by atoms with Gasteiger partial charge in [0, 0.05) is 23.6 Å². The van der Waals surface area contributed by atoms with Crippen molar-refractivity contribution in [2.24, 2.45) is 0 Å². The first-order valence-electron chi connectivity index (χ1n) is 7.25. The zero-order valence-corrected chi connectivity index (χ0v) is 11.9. The van der Waals surface area contributed by atoms with Gasteiger partial charge in [0.25, 0.3) is 0 Å². The number of benzene rings is 1. The van der Waals surface area contributed by atoms with Crippen LogP contribution in [0.1, 0.15) is 25.3 Å². The Hall–Kier alpha value is -1.54. The van der Waals surface area contributed by atoms with Gasteiger partial charge >= 0.3 is 0 Å². The van der Waals surface area contributed by atoms with E-state index < -0.39 is 0 Å². The lowest BCUT2D eigenvalue weighted by Gasteiger charge is -2.01. The molecule has 1 aromatic heterocycles. The van der Waals surface area contributed by atoms with Crippen molar-refractivity contribution in [2.75, 3.05) is 13.1 Å². The van der Waals surface area contributed by atoms with Gasteiger partial charge in [0.15, 0.2) is 0 Å². The van der Waals surface area contributed by atoms with Crippen molar-refractivity contribution < 1.29 is 0 Å². The minimum absolute atomic E-state index is 1.02. The van der Waals surface area contributed by atoms with E-state index in [0.717, 1.165) is 32.5 Å². The molecule has 0 saturated heterocycles. The van der Waals surface area contributed by atoms with E-state index in [4.69, 9.17) is 0 Å². The number of nitrogens with one attached hydrogen (secondary N) is 1. The smallest absolute Gasteiger partial charge is 0.0483 e. The first kappa shape index (κ1) is 13.9. The second-order valence-corrected chi connectivity index (χ2v) is 4.90. The molecule has 0 amide bonds. The number of hydrogen-bond donors (Lipinski definition) is 1. The van der Waals surface area contributed by atoms with Crippen molar-refractivity contribution in [1.29, 1.82) is 0 Å². The first-order chi connectivity index (χ1) is 9.36. The van der Waals surface area contributed by atoms with Gasteiger partial charge in [-0.25, -0.2) is 0 Å². The van der Waals surface area contributed by atoms with Crippen LogP contribution >= 0.6 is 0 Å². The van der Waals surface area contributed by atoms with Crippen LogP contribution in [0.4, 0.5) is 0 Å². The fraction of sp³-hybridized carbons (Fsp3) is 0.412. The van der Waals surface area contributed by atoms with E-state index in [1.54, 1.807) is 0 Å². The van der Waals surface area contributed by atoms with Crippen LogP contribution in [0.3, 0.4) is 0 Å². The van der Waals surface area contributed by atoms with Crippen molar-refractivity contribution in [3.63, 3.8) is 0 Å². The Balaban J connectivity index is 2.15. The van der Waals surface area contributed by atoms with Crippen LogP contribution in [0.15, 0.2) is 43.1 Å². The van der Waals surface area contributed by atoms with Gasteiger partial charge in [-0.2, -0.15) is 0 Å². The summed E-state index contributed by atoms with van der Waals surface area (Å²) in [6, 6.07) is 8.71. The lowest BCUT2D eigenvalue weighted by molar-refractivity contribution is 0.671. The van der Waals surface area contributed by atoms with E-state index in [0.29, 0.717) is 0 Å². The molecule has 1 aromatic carbocycles. The van der Waals surface area contributed by atoms with E-state index in [1.165, 1.54) is 22.9 Å². The third-order valence-corrected chi connectivity index (χ3v) is 3.49. The third kappa shape index (κ3) is 3.48. The van der Waals surface area contributed by atoms with Crippen LogP contribution < -0.4 is 5.32 Å². The number of para-hydroxylation sites is 1. The Morgan fingerprint density at radius 3 is 2.95 bits per heavy atom. The Bertz CT molecular complexity index is 525. The maximum atomic E-state index is 3.81. The van der Waals surface area contributed by atoms with Crippen molar-refractivity contribution in [1.82, 2.24) is 9.88 Å². The Labute approximate surface area is 116 Å². The number of aryl methyl sites for hydroxylation is 2. The van der Waals surface area contributed by atoms with Gasteiger partial charge in [0.05, 0.1) is 0 Å². The summed E-state index contributed by atoms with van der Waals surface area (Å²) in [5.41, 5.74) is 2.82. The highest BCUT2D eigenvalue weighted by atomic mass is 15.0. The van der Waals surface area contributed by atoms with Crippen molar-refractivity contribution in [3.05, 3.63) is 48.7 Å². The fourth-order valence-electron chi connectivity index (χ4n) is 2.52. The lowest BCUT2D eigenvalue weighted by atomic mass is 10.1. The van der Waals surface area contributed by atoms with Crippen LogP contribution in [0.2, 0.25) is 0 Å². The monoisotopic (exact) mass is 256 g/mol. The van der Waals surface area contributed by atoms with Crippen molar-refractivity contribution in [3.8, 4) is 0 Å². The van der Waals surface area contributed by atoms with Crippen LogP contribution in [0.5, 0.6) is 0 Å². The molecule has 0 aliphatic rings. The second-order valence-electron chi connectivity index (χ2n) is 4.90. The molecular weight excluding hydrogens is 232 g/mol. The number of fused-ring (bicyclic) bond motifs is 1. The highest BCUT2D eigenvalue weighted by Gasteiger charge is 2.06. The molecule has 0 unspecified atom stereocenters. The van der Waals surface area contributed by atoms with Gasteiger partial charge in [-0.15, -0.1) is 6.58 Å². The molecule has 2 aromatic rings. The molecule has 2 heteroatoms. The van der Waals surface area contributed by atoms with E-state index in [1.807, 2.05) is 6.08 Å². The van der Waals surface area contributed by atoms with Crippen LogP contribution in [-0.4, -0.2) is 17.7 Å². The van der Waals surface area contributed by atoms with E-state index in [-0.39, 0.29) is 0 Å². The number of allylic oxidation sites excluding steroid dienone is 1. The summed E-state index contributed by atoms with van der Waals surface area (Å²) < 4.78 is 2.36. The maximum absolute atomic E-state index is 3.81. The zero-order valence-electron chi connectivity index (χ0n) is 11.9. The molecule has 0 atom stereocenters. The molecule has 102 valence electrons. The van der Waals surface area contributed by atoms with Crippen molar-refractivity contribution in [2.45, 2.75) is 32.7 Å². The molecule has 0 aliphatic heterocycles. The summed E-state index contributed by atoms with van der Waals surface area (Å²) in [5.74, 6) is 0. The maximum Gasteiger partial charge on any atom is 0.0483 e. The number of rotatable bonds is 8. The van der Waals surface area contributed by atoms with E-state index in [2.05, 4.69) is 53.8 Å². The Morgan fingerprint density at radius 1 is 1.32 bits per heavy atom. The summed E-state index contributed by atoms with van der Waals surface area (Å²) in [6.07, 6.45) is 7.67. The minimum Gasteiger partial charge on any atom is -0.347 e. The molecule has 2 rings (SSSR count). The number of hydrogen-bond acceptors (Lipinski definition) is 1. The van der Waals surface area contributed by atoms with Crippen LogP contribution in [0.25, 0.3) is 10.9 Å². The molecule has 0 fully saturated rings. The van der Waals surface area contributed by atoms with Crippen molar-refractivity contribution >= 4 is 10.9 Å². The second kappa shape index (κ2) is 7.15. The summed E-state index contributed by atoms with van der Waals surface area (Å²) in [6.45, 7) is 9.15. The summed E-state index contributed by atoms with van der Waals surface area (Å²) in [5, 5.41) is 4.79. The Morgan fingerprint density at radius 2 is 2.16 bits per heavy atom. The first-order valence-corrected chi connectivity index (χ1v) is 7.25. The molecule has 0 spiro atoms. The van der Waals surface area contributed by atoms with Crippen LogP contribution in [0, 0.1) is 0 Å².